The number of allylic oxidation sites excluding steroid dienone is 1. The van der Waals surface area contributed by atoms with Crippen molar-refractivity contribution in [3.63, 3.8) is 0 Å². The Hall–Kier alpha value is -2.70. The van der Waals surface area contributed by atoms with Crippen LogP contribution in [0.3, 0.4) is 0 Å². The Kier molecular flexibility index (Phi) is 6.79. The predicted octanol–water partition coefficient (Wildman–Crippen LogP) is 3.22. The third kappa shape index (κ3) is 5.41. The topological polar surface area (TPSA) is 64.0 Å². The highest BCUT2D eigenvalue weighted by atomic mass is 32.2. The van der Waals surface area contributed by atoms with E-state index in [2.05, 4.69) is 10.4 Å². The first-order valence-corrected chi connectivity index (χ1v) is 10.9. The number of aromatic nitrogens is 2. The molecule has 1 N–H and O–H groups in total. The van der Waals surface area contributed by atoms with Gasteiger partial charge in [0.2, 0.25) is 0 Å². The molecule has 0 radical (unpaired) electrons. The van der Waals surface area contributed by atoms with Gasteiger partial charge >= 0.3 is 0 Å². The second-order valence-corrected chi connectivity index (χ2v) is 8.57. The lowest BCUT2D eigenvalue weighted by Crippen LogP contribution is -2.14. The molecule has 3 aromatic rings. The summed E-state index contributed by atoms with van der Waals surface area (Å²) in [5.41, 5.74) is 2.88. The van der Waals surface area contributed by atoms with Crippen LogP contribution in [0.5, 0.6) is 0 Å². The Bertz CT molecular complexity index is 1010. The minimum atomic E-state index is -3.48. The summed E-state index contributed by atoms with van der Waals surface area (Å²) >= 11 is 0. The highest BCUT2D eigenvalue weighted by molar-refractivity contribution is 7.91. The van der Waals surface area contributed by atoms with Crippen molar-refractivity contribution in [1.82, 2.24) is 15.1 Å². The molecule has 0 fully saturated rings. The molecule has 1 aromatic heterocycles. The molecule has 0 saturated carbocycles. The van der Waals surface area contributed by atoms with E-state index in [9.17, 15) is 8.42 Å². The van der Waals surface area contributed by atoms with E-state index in [1.807, 2.05) is 73.8 Å². The quantitative estimate of drug-likeness (QED) is 0.565. The Balaban J connectivity index is 1.77. The number of rotatable bonds is 9. The van der Waals surface area contributed by atoms with Crippen LogP contribution in [0.25, 0.3) is 0 Å². The van der Waals surface area contributed by atoms with E-state index in [1.165, 1.54) is 0 Å². The van der Waals surface area contributed by atoms with Gasteiger partial charge in [0, 0.05) is 6.54 Å². The molecule has 0 saturated heterocycles. The van der Waals surface area contributed by atoms with Crippen molar-refractivity contribution in [2.75, 3.05) is 12.8 Å². The molecule has 0 atom stereocenters. The second kappa shape index (κ2) is 9.48. The van der Waals surface area contributed by atoms with Crippen molar-refractivity contribution >= 4 is 9.84 Å². The largest absolute Gasteiger partial charge is 0.314 e. The lowest BCUT2D eigenvalue weighted by atomic mass is 10.1. The van der Waals surface area contributed by atoms with Gasteiger partial charge in [0.1, 0.15) is 0 Å². The van der Waals surface area contributed by atoms with Gasteiger partial charge in [0.05, 0.1) is 18.0 Å². The van der Waals surface area contributed by atoms with Crippen LogP contribution in [0.2, 0.25) is 0 Å². The minimum Gasteiger partial charge on any atom is -0.314 e. The van der Waals surface area contributed by atoms with Gasteiger partial charge in [-0.3, -0.25) is 0 Å². The average Bonchev–Trinajstić information content (AvgIpc) is 3.10. The van der Waals surface area contributed by atoms with Gasteiger partial charge in [-0.1, -0.05) is 72.8 Å². The van der Waals surface area contributed by atoms with Crippen molar-refractivity contribution < 1.29 is 8.42 Å². The van der Waals surface area contributed by atoms with Crippen LogP contribution in [0, 0.1) is 0 Å². The maximum Gasteiger partial charge on any atom is 0.198 e. The molecule has 28 heavy (non-hydrogen) atoms. The lowest BCUT2D eigenvalue weighted by molar-refractivity contribution is 0.562. The summed E-state index contributed by atoms with van der Waals surface area (Å²) in [6.45, 7) is 0.945. The number of benzene rings is 2. The molecule has 1 heterocycles. The monoisotopic (exact) mass is 395 g/mol. The van der Waals surface area contributed by atoms with Crippen molar-refractivity contribution in [2.45, 2.75) is 24.5 Å². The highest BCUT2D eigenvalue weighted by Gasteiger charge is 2.20. The molecule has 0 aliphatic rings. The number of sulfone groups is 1. The van der Waals surface area contributed by atoms with Gasteiger partial charge in [0.15, 0.2) is 14.9 Å². The van der Waals surface area contributed by atoms with Crippen LogP contribution < -0.4 is 5.32 Å². The van der Waals surface area contributed by atoms with E-state index in [0.717, 1.165) is 11.1 Å². The fourth-order valence-electron chi connectivity index (χ4n) is 2.95. The normalized spacial score (nSPS) is 11.9. The van der Waals surface area contributed by atoms with E-state index in [0.29, 0.717) is 25.2 Å². The molecule has 2 aromatic carbocycles. The zero-order valence-corrected chi connectivity index (χ0v) is 16.8. The number of nitrogens with zero attached hydrogens (tertiary/aromatic N) is 2. The highest BCUT2D eigenvalue weighted by Crippen LogP contribution is 2.16. The van der Waals surface area contributed by atoms with E-state index in [-0.39, 0.29) is 10.8 Å². The van der Waals surface area contributed by atoms with Gasteiger partial charge in [-0.2, -0.15) is 5.10 Å². The van der Waals surface area contributed by atoms with Crippen molar-refractivity contribution in [2.24, 2.45) is 0 Å². The number of hydrogen-bond donors (Lipinski definition) is 1. The molecule has 0 bridgehead atoms. The zero-order chi connectivity index (χ0) is 19.8. The summed E-state index contributed by atoms with van der Waals surface area (Å²) in [6.07, 6.45) is 4.34. The van der Waals surface area contributed by atoms with Gasteiger partial charge in [0.25, 0.3) is 0 Å². The maximum atomic E-state index is 12.9. The zero-order valence-electron chi connectivity index (χ0n) is 16.0. The smallest absolute Gasteiger partial charge is 0.198 e. The fraction of sp³-hybridized carbons (Fsp3) is 0.227. The van der Waals surface area contributed by atoms with E-state index >= 15 is 0 Å². The third-order valence-corrected chi connectivity index (χ3v) is 5.92. The average molecular weight is 396 g/mol. The Morgan fingerprint density at radius 1 is 0.964 bits per heavy atom. The molecule has 0 spiro atoms. The molecule has 0 unspecified atom stereocenters. The molecule has 6 heteroatoms. The van der Waals surface area contributed by atoms with Crippen LogP contribution in [0.4, 0.5) is 0 Å². The van der Waals surface area contributed by atoms with Gasteiger partial charge in [-0.05, 0) is 30.7 Å². The van der Waals surface area contributed by atoms with Crippen molar-refractivity contribution in [3.8, 4) is 0 Å². The van der Waals surface area contributed by atoms with E-state index in [1.54, 1.807) is 16.8 Å². The SMILES string of the molecule is CNCc1cc(S(=O)(=O)CC=CCc2ccccc2)n(Cc2ccccc2)n1. The molecule has 0 aliphatic carbocycles. The molecule has 146 valence electrons. The van der Waals surface area contributed by atoms with Crippen LogP contribution >= 0.6 is 0 Å². The molecule has 5 nitrogen and oxygen atoms in total. The summed E-state index contributed by atoms with van der Waals surface area (Å²) in [6, 6.07) is 21.4. The summed E-state index contributed by atoms with van der Waals surface area (Å²) in [4.78, 5) is 0. The van der Waals surface area contributed by atoms with Gasteiger partial charge < -0.3 is 5.32 Å². The molecule has 3 rings (SSSR count). The van der Waals surface area contributed by atoms with E-state index < -0.39 is 9.84 Å². The lowest BCUT2D eigenvalue weighted by Gasteiger charge is -2.07. The van der Waals surface area contributed by atoms with E-state index in [4.69, 9.17) is 0 Å². The van der Waals surface area contributed by atoms with Crippen LogP contribution in [-0.4, -0.2) is 31.0 Å². The summed E-state index contributed by atoms with van der Waals surface area (Å²) in [5, 5.41) is 7.77. The first-order valence-electron chi connectivity index (χ1n) is 9.25. The first kappa shape index (κ1) is 20.0. The predicted molar refractivity (Wildman–Crippen MR) is 112 cm³/mol. The summed E-state index contributed by atoms with van der Waals surface area (Å²) in [5.74, 6) is -0.0424. The summed E-state index contributed by atoms with van der Waals surface area (Å²) < 4.78 is 27.5. The Labute approximate surface area is 166 Å². The fourth-order valence-corrected chi connectivity index (χ4v) is 4.25. The first-order chi connectivity index (χ1) is 13.6. The number of hydrogen-bond acceptors (Lipinski definition) is 4. The van der Waals surface area contributed by atoms with Crippen LogP contribution in [0.15, 0.2) is 83.9 Å². The molecule has 0 amide bonds. The molecule has 0 aliphatic heterocycles. The van der Waals surface area contributed by atoms with Crippen molar-refractivity contribution in [1.29, 1.82) is 0 Å². The van der Waals surface area contributed by atoms with Gasteiger partial charge in [-0.15, -0.1) is 0 Å². The van der Waals surface area contributed by atoms with Crippen LogP contribution in [-0.2, 0) is 29.3 Å². The standard InChI is InChI=1S/C22H25N3O2S/c1-23-17-21-16-22(25(24-21)18-20-13-6-3-7-14-20)28(26,27)15-9-8-12-19-10-4-2-5-11-19/h2-11,13-14,16,23H,12,15,17-18H2,1H3. The molecular formula is C22H25N3O2S. The Morgan fingerprint density at radius 2 is 1.61 bits per heavy atom. The Morgan fingerprint density at radius 3 is 2.25 bits per heavy atom. The number of nitrogens with one attached hydrogen (secondary N) is 1. The second-order valence-electron chi connectivity index (χ2n) is 6.59. The van der Waals surface area contributed by atoms with Gasteiger partial charge in [-0.25, -0.2) is 13.1 Å². The van der Waals surface area contributed by atoms with Crippen molar-refractivity contribution in [3.05, 3.63) is 95.7 Å². The van der Waals surface area contributed by atoms with Crippen LogP contribution in [0.1, 0.15) is 16.8 Å². The maximum absolute atomic E-state index is 12.9. The minimum absolute atomic E-state index is 0.0424. The summed E-state index contributed by atoms with van der Waals surface area (Å²) in [7, 11) is -1.66. The third-order valence-electron chi connectivity index (χ3n) is 4.32. The molecular weight excluding hydrogens is 370 g/mol.